The molecule has 1 aromatic heterocycles. The molecule has 0 spiro atoms. The second kappa shape index (κ2) is 5.78. The minimum absolute atomic E-state index is 0.118. The minimum atomic E-state index is 0.118. The number of hydrogen-bond acceptors (Lipinski definition) is 2. The van der Waals surface area contributed by atoms with Gasteiger partial charge in [0.05, 0.1) is 0 Å². The van der Waals surface area contributed by atoms with E-state index in [4.69, 9.17) is 0 Å². The molecule has 0 bridgehead atoms. The van der Waals surface area contributed by atoms with Gasteiger partial charge in [-0.2, -0.15) is 0 Å². The Balaban J connectivity index is 2.22. The molecule has 0 unspecified atom stereocenters. The molecule has 1 nitrogen and oxygen atoms in total. The monoisotopic (exact) mass is 436 g/mol. The molecule has 88 valence electrons. The number of rotatable bonds is 3. The van der Waals surface area contributed by atoms with Gasteiger partial charge in [0, 0.05) is 35.7 Å². The number of halogens is 3. The van der Waals surface area contributed by atoms with Crippen molar-refractivity contribution in [1.82, 2.24) is 0 Å². The zero-order valence-corrected chi connectivity index (χ0v) is 14.1. The van der Waals surface area contributed by atoms with Gasteiger partial charge in [0.1, 0.15) is 0 Å². The topological polar surface area (TPSA) is 17.1 Å². The fraction of sp³-hybridized carbons (Fsp3) is 0.0833. The Hall–Kier alpha value is 0.0300. The minimum Gasteiger partial charge on any atom is -0.294 e. The molecule has 0 saturated heterocycles. The van der Waals surface area contributed by atoms with Gasteiger partial charge in [0.25, 0.3) is 0 Å². The first-order valence-corrected chi connectivity index (χ1v) is 8.03. The van der Waals surface area contributed by atoms with E-state index >= 15 is 0 Å². The summed E-state index contributed by atoms with van der Waals surface area (Å²) in [6.45, 7) is 0. The van der Waals surface area contributed by atoms with E-state index < -0.39 is 0 Å². The van der Waals surface area contributed by atoms with Gasteiger partial charge < -0.3 is 0 Å². The smallest absolute Gasteiger partial charge is 0.169 e. The van der Waals surface area contributed by atoms with Crippen molar-refractivity contribution >= 4 is 64.9 Å². The summed E-state index contributed by atoms with van der Waals surface area (Å²) in [5, 5.41) is 1.98. The normalized spacial score (nSPS) is 10.5. The zero-order chi connectivity index (χ0) is 12.4. The van der Waals surface area contributed by atoms with Crippen molar-refractivity contribution in [2.75, 3.05) is 0 Å². The van der Waals surface area contributed by atoms with Crippen LogP contribution in [0.1, 0.15) is 15.2 Å². The lowest BCUT2D eigenvalue weighted by Crippen LogP contribution is -2.03. The van der Waals surface area contributed by atoms with Crippen LogP contribution < -0.4 is 0 Å². The van der Waals surface area contributed by atoms with Crippen molar-refractivity contribution in [3.05, 3.63) is 53.5 Å². The molecular formula is C12H7Br3OS. The highest BCUT2D eigenvalue weighted by molar-refractivity contribution is 9.11. The van der Waals surface area contributed by atoms with E-state index in [9.17, 15) is 4.79 Å². The average molecular weight is 439 g/mol. The second-order valence-corrected chi connectivity index (χ2v) is 7.14. The molecule has 5 heteroatoms. The van der Waals surface area contributed by atoms with E-state index in [0.29, 0.717) is 12.0 Å². The van der Waals surface area contributed by atoms with Crippen LogP contribution in [0.3, 0.4) is 0 Å². The van der Waals surface area contributed by atoms with E-state index in [2.05, 4.69) is 47.8 Å². The molecule has 0 fully saturated rings. The first-order valence-electron chi connectivity index (χ1n) is 4.77. The van der Waals surface area contributed by atoms with Crippen LogP contribution in [0, 0.1) is 0 Å². The summed E-state index contributed by atoms with van der Waals surface area (Å²) in [6.07, 6.45) is 0.436. The third kappa shape index (κ3) is 3.50. The molecule has 1 aromatic carbocycles. The summed E-state index contributed by atoms with van der Waals surface area (Å²) in [4.78, 5) is 13.2. The van der Waals surface area contributed by atoms with Crippen molar-refractivity contribution in [3.63, 3.8) is 0 Å². The predicted molar refractivity (Wildman–Crippen MR) is 81.9 cm³/mol. The molecule has 2 rings (SSSR count). The van der Waals surface area contributed by atoms with Gasteiger partial charge in [0.2, 0.25) is 0 Å². The Labute approximate surface area is 129 Å². The maximum Gasteiger partial charge on any atom is 0.169 e. The highest BCUT2D eigenvalue weighted by Crippen LogP contribution is 2.25. The summed E-state index contributed by atoms with van der Waals surface area (Å²) in [6, 6.07) is 7.60. The summed E-state index contributed by atoms with van der Waals surface area (Å²) in [5.41, 5.74) is 0.712. The molecule has 2 aromatic rings. The Bertz CT molecular complexity index is 563. The Kier molecular flexibility index (Phi) is 4.58. The molecule has 0 aliphatic rings. The van der Waals surface area contributed by atoms with Crippen LogP contribution in [0.15, 0.2) is 43.1 Å². The van der Waals surface area contributed by atoms with Crippen LogP contribution in [-0.2, 0) is 6.42 Å². The largest absolute Gasteiger partial charge is 0.294 e. The van der Waals surface area contributed by atoms with Gasteiger partial charge in [-0.1, -0.05) is 31.9 Å². The third-order valence-electron chi connectivity index (χ3n) is 2.19. The molecule has 0 saturated carbocycles. The van der Waals surface area contributed by atoms with Crippen LogP contribution in [0.25, 0.3) is 0 Å². The molecule has 0 amide bonds. The van der Waals surface area contributed by atoms with E-state index in [-0.39, 0.29) is 5.78 Å². The summed E-state index contributed by atoms with van der Waals surface area (Å²) in [7, 11) is 0. The van der Waals surface area contributed by atoms with Crippen LogP contribution >= 0.6 is 59.1 Å². The van der Waals surface area contributed by atoms with Gasteiger partial charge in [0.15, 0.2) is 5.78 Å². The van der Waals surface area contributed by atoms with Crippen molar-refractivity contribution in [2.45, 2.75) is 6.42 Å². The second-order valence-electron chi connectivity index (χ2n) is 3.46. The molecule has 0 radical (unpaired) electrons. The van der Waals surface area contributed by atoms with E-state index in [0.717, 1.165) is 18.3 Å². The zero-order valence-electron chi connectivity index (χ0n) is 8.54. The number of benzene rings is 1. The lowest BCUT2D eigenvalue weighted by molar-refractivity contribution is 0.0993. The van der Waals surface area contributed by atoms with Crippen LogP contribution in [0.2, 0.25) is 0 Å². The molecule has 0 aliphatic heterocycles. The Morgan fingerprint density at radius 1 is 1.12 bits per heavy atom. The summed E-state index contributed by atoms with van der Waals surface area (Å²) < 4.78 is 2.77. The van der Waals surface area contributed by atoms with Crippen molar-refractivity contribution in [2.24, 2.45) is 0 Å². The van der Waals surface area contributed by atoms with E-state index in [1.54, 1.807) is 11.3 Å². The van der Waals surface area contributed by atoms with Crippen molar-refractivity contribution in [3.8, 4) is 0 Å². The Morgan fingerprint density at radius 2 is 1.88 bits per heavy atom. The number of ketones is 1. The molecule has 17 heavy (non-hydrogen) atoms. The fourth-order valence-corrected chi connectivity index (χ4v) is 3.69. The van der Waals surface area contributed by atoms with Crippen LogP contribution in [0.5, 0.6) is 0 Å². The first-order chi connectivity index (χ1) is 8.06. The van der Waals surface area contributed by atoms with E-state index in [1.165, 1.54) is 0 Å². The maximum atomic E-state index is 12.1. The first kappa shape index (κ1) is 13.5. The number of carbonyl (C=O) groups excluding carboxylic acids is 1. The number of carbonyl (C=O) groups is 1. The number of hydrogen-bond donors (Lipinski definition) is 0. The molecule has 1 heterocycles. The summed E-state index contributed by atoms with van der Waals surface area (Å²) >= 11 is 11.8. The average Bonchev–Trinajstić information content (AvgIpc) is 2.67. The van der Waals surface area contributed by atoms with Gasteiger partial charge in [-0.3, -0.25) is 4.79 Å². The van der Waals surface area contributed by atoms with Crippen LogP contribution in [-0.4, -0.2) is 5.78 Å². The van der Waals surface area contributed by atoms with Gasteiger partial charge in [-0.25, -0.2) is 0 Å². The highest BCUT2D eigenvalue weighted by Gasteiger charge is 2.12. The SMILES string of the molecule is O=C(Cc1cc(Br)cs1)c1cc(Br)ccc1Br. The molecule has 0 atom stereocenters. The maximum absolute atomic E-state index is 12.1. The van der Waals surface area contributed by atoms with E-state index in [1.807, 2.05) is 29.6 Å². The lowest BCUT2D eigenvalue weighted by Gasteiger charge is -2.03. The quantitative estimate of drug-likeness (QED) is 0.581. The van der Waals surface area contributed by atoms with Gasteiger partial charge in [-0.15, -0.1) is 11.3 Å². The standard InChI is InChI=1S/C12H7Br3OS/c13-7-1-2-11(15)10(4-7)12(16)5-9-3-8(14)6-17-9/h1-4,6H,5H2. The van der Waals surface area contributed by atoms with Crippen molar-refractivity contribution < 1.29 is 4.79 Å². The number of thiophene rings is 1. The van der Waals surface area contributed by atoms with Gasteiger partial charge in [-0.05, 0) is 40.2 Å². The summed E-state index contributed by atoms with van der Waals surface area (Å²) in [5.74, 6) is 0.118. The van der Waals surface area contributed by atoms with Crippen molar-refractivity contribution in [1.29, 1.82) is 0 Å². The highest BCUT2D eigenvalue weighted by atomic mass is 79.9. The molecule has 0 N–H and O–H groups in total. The van der Waals surface area contributed by atoms with Gasteiger partial charge >= 0.3 is 0 Å². The van der Waals surface area contributed by atoms with Crippen LogP contribution in [0.4, 0.5) is 0 Å². The third-order valence-corrected chi connectivity index (χ3v) is 5.07. The molecular weight excluding hydrogens is 432 g/mol. The lowest BCUT2D eigenvalue weighted by atomic mass is 10.1. The fourth-order valence-electron chi connectivity index (χ4n) is 1.41. The predicted octanol–water partition coefficient (Wildman–Crippen LogP) is 5.46. The number of Topliss-reactive ketones (excluding diaryl/α,β-unsaturated/α-hetero) is 1. The molecule has 0 aliphatic carbocycles. The Morgan fingerprint density at radius 3 is 2.53 bits per heavy atom.